The minimum atomic E-state index is -0.153. The van der Waals surface area contributed by atoms with E-state index in [-0.39, 0.29) is 5.91 Å². The second-order valence-corrected chi connectivity index (χ2v) is 7.89. The van der Waals surface area contributed by atoms with Crippen LogP contribution in [0.4, 0.5) is 0 Å². The zero-order valence-electron chi connectivity index (χ0n) is 15.8. The largest absolute Gasteiger partial charge is 0.328 e. The number of fused-ring (bicyclic) bond motifs is 2. The Hall–Kier alpha value is -3.28. The molecule has 1 aromatic heterocycles. The van der Waals surface area contributed by atoms with Crippen molar-refractivity contribution >= 4 is 62.7 Å². The molecule has 0 radical (unpaired) electrons. The molecule has 30 heavy (non-hydrogen) atoms. The molecule has 0 spiro atoms. The van der Waals surface area contributed by atoms with Crippen LogP contribution >= 0.6 is 23.8 Å². The number of nitrogens with one attached hydrogen (secondary N) is 1. The van der Waals surface area contributed by atoms with Crippen molar-refractivity contribution in [1.29, 1.82) is 0 Å². The van der Waals surface area contributed by atoms with Crippen molar-refractivity contribution in [2.75, 3.05) is 0 Å². The number of halogens is 1. The highest BCUT2D eigenvalue weighted by Gasteiger charge is 2.31. The molecule has 6 heteroatoms. The summed E-state index contributed by atoms with van der Waals surface area (Å²) in [6.45, 7) is 0.386. The average molecular weight is 430 g/mol. The monoisotopic (exact) mass is 429 g/mol. The number of hydrogen-bond donors (Lipinski definition) is 1. The minimum Gasteiger partial charge on any atom is -0.328 e. The lowest BCUT2D eigenvalue weighted by Gasteiger charge is -2.14. The molecule has 1 aliphatic rings. The van der Waals surface area contributed by atoms with Crippen molar-refractivity contribution in [1.82, 2.24) is 15.2 Å². The summed E-state index contributed by atoms with van der Waals surface area (Å²) in [5.74, 6) is -0.153. The maximum Gasteiger partial charge on any atom is 0.276 e. The molecule has 4 nitrogen and oxygen atoms in total. The molecule has 0 bridgehead atoms. The Morgan fingerprint density at radius 3 is 2.17 bits per heavy atom. The van der Waals surface area contributed by atoms with Crippen LogP contribution in [-0.2, 0) is 11.3 Å². The van der Waals surface area contributed by atoms with Crippen LogP contribution in [0.15, 0.2) is 78.5 Å². The zero-order valence-corrected chi connectivity index (χ0v) is 17.4. The lowest BCUT2D eigenvalue weighted by atomic mass is 10.0. The second-order valence-electron chi connectivity index (χ2n) is 7.07. The highest BCUT2D eigenvalue weighted by molar-refractivity contribution is 7.80. The molecule has 1 N–H and O–H groups in total. The summed E-state index contributed by atoms with van der Waals surface area (Å²) < 4.78 is 0. The van der Waals surface area contributed by atoms with Gasteiger partial charge in [-0.3, -0.25) is 9.69 Å². The van der Waals surface area contributed by atoms with Crippen molar-refractivity contribution in [3.8, 4) is 0 Å². The van der Waals surface area contributed by atoms with E-state index in [9.17, 15) is 4.79 Å². The van der Waals surface area contributed by atoms with Gasteiger partial charge in [0.1, 0.15) is 5.70 Å². The highest BCUT2D eigenvalue weighted by Crippen LogP contribution is 2.29. The molecule has 0 atom stereocenters. The molecule has 146 valence electrons. The number of nitrogens with zero attached hydrogens (tertiary/aromatic N) is 2. The van der Waals surface area contributed by atoms with Gasteiger partial charge in [-0.15, -0.1) is 0 Å². The summed E-state index contributed by atoms with van der Waals surface area (Å²) in [5.41, 5.74) is 4.12. The van der Waals surface area contributed by atoms with Gasteiger partial charge >= 0.3 is 0 Å². The van der Waals surface area contributed by atoms with Crippen LogP contribution in [0.2, 0.25) is 5.02 Å². The molecule has 0 aliphatic carbocycles. The number of amides is 1. The fourth-order valence-corrected chi connectivity index (χ4v) is 4.04. The van der Waals surface area contributed by atoms with Gasteiger partial charge in [-0.1, -0.05) is 60.1 Å². The molecule has 0 saturated carbocycles. The summed E-state index contributed by atoms with van der Waals surface area (Å²) in [4.78, 5) is 19.4. The Kier molecular flexibility index (Phi) is 4.69. The van der Waals surface area contributed by atoms with Crippen molar-refractivity contribution in [3.63, 3.8) is 0 Å². The fraction of sp³-hybridized carbons (Fsp3) is 0.0417. The predicted octanol–water partition coefficient (Wildman–Crippen LogP) is 5.30. The van der Waals surface area contributed by atoms with E-state index in [0.29, 0.717) is 22.4 Å². The summed E-state index contributed by atoms with van der Waals surface area (Å²) in [7, 11) is 0. The van der Waals surface area contributed by atoms with Gasteiger partial charge < -0.3 is 5.32 Å². The van der Waals surface area contributed by atoms with Gasteiger partial charge in [0.15, 0.2) is 5.11 Å². The Bertz CT molecular complexity index is 1290. The van der Waals surface area contributed by atoms with Crippen molar-refractivity contribution in [2.45, 2.75) is 6.54 Å². The third kappa shape index (κ3) is 3.32. The molecule has 1 amide bonds. The van der Waals surface area contributed by atoms with Crippen LogP contribution in [0.1, 0.15) is 11.1 Å². The van der Waals surface area contributed by atoms with Crippen LogP contribution in [0.5, 0.6) is 0 Å². The maximum atomic E-state index is 13.1. The molecular weight excluding hydrogens is 414 g/mol. The summed E-state index contributed by atoms with van der Waals surface area (Å²) in [6, 6.07) is 23.3. The average Bonchev–Trinajstić information content (AvgIpc) is 3.02. The predicted molar refractivity (Wildman–Crippen MR) is 125 cm³/mol. The van der Waals surface area contributed by atoms with Crippen molar-refractivity contribution in [3.05, 3.63) is 94.6 Å². The van der Waals surface area contributed by atoms with Crippen LogP contribution in [0.3, 0.4) is 0 Å². The molecule has 5 rings (SSSR count). The van der Waals surface area contributed by atoms with Gasteiger partial charge in [0.05, 0.1) is 17.6 Å². The summed E-state index contributed by atoms with van der Waals surface area (Å²) in [5, 5.41) is 6.11. The first kappa shape index (κ1) is 18.7. The van der Waals surface area contributed by atoms with Crippen LogP contribution in [-0.4, -0.2) is 20.9 Å². The number of carbonyl (C=O) groups excluding carboxylic acids is 1. The minimum absolute atomic E-state index is 0.153. The molecule has 3 aromatic carbocycles. The van der Waals surface area contributed by atoms with Gasteiger partial charge in [-0.2, -0.15) is 0 Å². The third-order valence-electron chi connectivity index (χ3n) is 5.13. The number of benzene rings is 3. The molecule has 2 heterocycles. The standard InChI is InChI=1S/C24H16ClN3OS/c25-16-11-9-15(10-12-16)14-28-23(29)22(27-24(28)30)13-19-17-5-1-3-7-20(17)26-21-8-4-2-6-18(19)21/h1-13H,14H2,(H,27,30)/b22-13-. The zero-order chi connectivity index (χ0) is 20.7. The van der Waals surface area contributed by atoms with E-state index < -0.39 is 0 Å². The van der Waals surface area contributed by atoms with Crippen molar-refractivity contribution < 1.29 is 4.79 Å². The smallest absolute Gasteiger partial charge is 0.276 e. The first-order valence-corrected chi connectivity index (χ1v) is 10.3. The lowest BCUT2D eigenvalue weighted by Crippen LogP contribution is -2.29. The molecule has 4 aromatic rings. The van der Waals surface area contributed by atoms with Gasteiger partial charge in [-0.05, 0) is 53.7 Å². The van der Waals surface area contributed by atoms with Gasteiger partial charge in [-0.25, -0.2) is 4.98 Å². The number of hydrogen-bond acceptors (Lipinski definition) is 3. The van der Waals surface area contributed by atoms with E-state index in [1.54, 1.807) is 17.0 Å². The Morgan fingerprint density at radius 2 is 1.53 bits per heavy atom. The van der Waals surface area contributed by atoms with E-state index in [4.69, 9.17) is 28.8 Å². The first-order chi connectivity index (χ1) is 14.6. The van der Waals surface area contributed by atoms with E-state index in [1.807, 2.05) is 66.7 Å². The number of aromatic nitrogens is 1. The van der Waals surface area contributed by atoms with E-state index in [0.717, 1.165) is 32.9 Å². The second kappa shape index (κ2) is 7.52. The number of rotatable bonds is 3. The fourth-order valence-electron chi connectivity index (χ4n) is 3.66. The molecular formula is C24H16ClN3OS. The van der Waals surface area contributed by atoms with Crippen molar-refractivity contribution in [2.24, 2.45) is 0 Å². The molecule has 1 fully saturated rings. The van der Waals surface area contributed by atoms with Gasteiger partial charge in [0, 0.05) is 15.8 Å². The van der Waals surface area contributed by atoms with E-state index in [2.05, 4.69) is 5.32 Å². The Balaban J connectivity index is 1.58. The SMILES string of the molecule is O=C1/C(=C/c2c3ccccc3nc3ccccc23)NC(=S)N1Cc1ccc(Cl)cc1. The Morgan fingerprint density at radius 1 is 0.933 bits per heavy atom. The number of para-hydroxylation sites is 2. The maximum absolute atomic E-state index is 13.1. The van der Waals surface area contributed by atoms with Crippen LogP contribution in [0.25, 0.3) is 27.9 Å². The Labute approximate surface area is 183 Å². The van der Waals surface area contributed by atoms with Crippen LogP contribution < -0.4 is 5.32 Å². The number of carbonyl (C=O) groups is 1. The summed E-state index contributed by atoms with van der Waals surface area (Å²) in [6.07, 6.45) is 1.88. The quantitative estimate of drug-likeness (QED) is 0.273. The normalized spacial score (nSPS) is 15.4. The van der Waals surface area contributed by atoms with E-state index >= 15 is 0 Å². The lowest BCUT2D eigenvalue weighted by molar-refractivity contribution is -0.122. The third-order valence-corrected chi connectivity index (χ3v) is 5.71. The first-order valence-electron chi connectivity index (χ1n) is 9.46. The topological polar surface area (TPSA) is 45.2 Å². The summed E-state index contributed by atoms with van der Waals surface area (Å²) >= 11 is 11.4. The van der Waals surface area contributed by atoms with Gasteiger partial charge in [0.2, 0.25) is 0 Å². The molecule has 0 unspecified atom stereocenters. The number of pyridine rings is 1. The van der Waals surface area contributed by atoms with E-state index in [1.165, 1.54) is 0 Å². The molecule has 1 aliphatic heterocycles. The highest BCUT2D eigenvalue weighted by atomic mass is 35.5. The number of thiocarbonyl (C=S) groups is 1. The van der Waals surface area contributed by atoms with Crippen LogP contribution in [0, 0.1) is 0 Å². The van der Waals surface area contributed by atoms with Gasteiger partial charge in [0.25, 0.3) is 5.91 Å². The molecule has 1 saturated heterocycles.